The van der Waals surface area contributed by atoms with Gasteiger partial charge in [0.05, 0.1) is 12.3 Å². The SMILES string of the molecule is CS(=O)(=O)ONC1=CC(C(=O)O)=NC(c2ccc(Cl)cc2)C1. The van der Waals surface area contributed by atoms with Crippen molar-refractivity contribution in [1.29, 1.82) is 0 Å². The molecule has 1 unspecified atom stereocenters. The van der Waals surface area contributed by atoms with Crippen molar-refractivity contribution in [3.8, 4) is 0 Å². The van der Waals surface area contributed by atoms with Gasteiger partial charge in [-0.25, -0.2) is 4.79 Å². The van der Waals surface area contributed by atoms with E-state index >= 15 is 0 Å². The van der Waals surface area contributed by atoms with E-state index in [0.717, 1.165) is 11.8 Å². The fourth-order valence-corrected chi connectivity index (χ4v) is 2.26. The summed E-state index contributed by atoms with van der Waals surface area (Å²) in [5.74, 6) is -1.21. The van der Waals surface area contributed by atoms with Gasteiger partial charge < -0.3 is 5.11 Å². The second-order valence-electron chi connectivity index (χ2n) is 4.65. The Labute approximate surface area is 132 Å². The van der Waals surface area contributed by atoms with Crippen LogP contribution in [0.1, 0.15) is 18.0 Å². The molecule has 1 atom stereocenters. The van der Waals surface area contributed by atoms with Crippen LogP contribution in [0.3, 0.4) is 0 Å². The van der Waals surface area contributed by atoms with E-state index in [2.05, 4.69) is 14.8 Å². The number of aliphatic imine (C=N–C) groups is 1. The molecule has 0 fully saturated rings. The first kappa shape index (κ1) is 16.5. The third-order valence-electron chi connectivity index (χ3n) is 2.82. The van der Waals surface area contributed by atoms with Gasteiger partial charge in [-0.3, -0.25) is 10.5 Å². The molecule has 1 aliphatic rings. The van der Waals surface area contributed by atoms with Crippen molar-refractivity contribution in [1.82, 2.24) is 5.48 Å². The molecule has 22 heavy (non-hydrogen) atoms. The van der Waals surface area contributed by atoms with Crippen LogP contribution in [0.2, 0.25) is 5.02 Å². The molecule has 118 valence electrons. The molecule has 7 nitrogen and oxygen atoms in total. The number of nitrogens with zero attached hydrogens (tertiary/aromatic N) is 1. The average Bonchev–Trinajstić information content (AvgIpc) is 2.45. The van der Waals surface area contributed by atoms with Crippen molar-refractivity contribution in [2.24, 2.45) is 4.99 Å². The Morgan fingerprint density at radius 1 is 1.41 bits per heavy atom. The maximum Gasteiger partial charge on any atom is 0.354 e. The lowest BCUT2D eigenvalue weighted by atomic mass is 9.99. The fourth-order valence-electron chi connectivity index (χ4n) is 1.88. The fraction of sp³-hybridized carbons (Fsp3) is 0.231. The number of nitrogens with one attached hydrogen (secondary N) is 1. The summed E-state index contributed by atoms with van der Waals surface area (Å²) in [5.41, 5.74) is 3.13. The van der Waals surface area contributed by atoms with E-state index in [-0.39, 0.29) is 12.1 Å². The molecule has 9 heteroatoms. The molecule has 2 rings (SSSR count). The van der Waals surface area contributed by atoms with Gasteiger partial charge in [-0.1, -0.05) is 23.7 Å². The summed E-state index contributed by atoms with van der Waals surface area (Å²) in [6.45, 7) is 0. The smallest absolute Gasteiger partial charge is 0.354 e. The molecule has 0 spiro atoms. The Morgan fingerprint density at radius 3 is 2.59 bits per heavy atom. The molecular weight excluding hydrogens is 332 g/mol. The standard InChI is InChI=1S/C13H13ClN2O5S/c1-22(19,20)21-16-10-6-11(15-12(7-10)13(17)18)8-2-4-9(14)5-3-8/h2-5,7,11,16H,6H2,1H3,(H,17,18). The number of hydroxylamine groups is 1. The molecule has 0 amide bonds. The lowest BCUT2D eigenvalue weighted by Crippen LogP contribution is -2.25. The molecule has 0 bridgehead atoms. The van der Waals surface area contributed by atoms with Gasteiger partial charge in [0.15, 0.2) is 0 Å². The van der Waals surface area contributed by atoms with Gasteiger partial charge >= 0.3 is 5.97 Å². The highest BCUT2D eigenvalue weighted by atomic mass is 35.5. The molecule has 0 saturated carbocycles. The quantitative estimate of drug-likeness (QED) is 0.787. The van der Waals surface area contributed by atoms with Gasteiger partial charge in [-0.05, 0) is 23.8 Å². The lowest BCUT2D eigenvalue weighted by molar-refractivity contribution is -0.129. The van der Waals surface area contributed by atoms with Crippen LogP contribution in [0, 0.1) is 0 Å². The largest absolute Gasteiger partial charge is 0.477 e. The number of aliphatic carboxylic acids is 1. The van der Waals surface area contributed by atoms with Crippen molar-refractivity contribution in [3.63, 3.8) is 0 Å². The summed E-state index contributed by atoms with van der Waals surface area (Å²) in [5, 5.41) is 9.66. The Hall–Kier alpha value is -1.90. The van der Waals surface area contributed by atoms with Crippen molar-refractivity contribution in [2.45, 2.75) is 12.5 Å². The Balaban J connectivity index is 2.25. The van der Waals surface area contributed by atoms with Gasteiger partial charge in [-0.2, -0.15) is 12.7 Å². The second kappa shape index (κ2) is 6.47. The number of carboxylic acid groups (broad SMARTS) is 1. The van der Waals surface area contributed by atoms with E-state index in [9.17, 15) is 13.2 Å². The number of hydrogen-bond acceptors (Lipinski definition) is 6. The zero-order valence-corrected chi connectivity index (χ0v) is 13.1. The highest BCUT2D eigenvalue weighted by Crippen LogP contribution is 2.29. The minimum Gasteiger partial charge on any atom is -0.477 e. The van der Waals surface area contributed by atoms with E-state index in [1.165, 1.54) is 6.08 Å². The molecule has 0 aromatic heterocycles. The molecule has 1 aromatic rings. The van der Waals surface area contributed by atoms with E-state index in [0.29, 0.717) is 10.7 Å². The van der Waals surface area contributed by atoms with Crippen LogP contribution in [-0.4, -0.2) is 31.5 Å². The van der Waals surface area contributed by atoms with Gasteiger partial charge in [0.25, 0.3) is 10.1 Å². The summed E-state index contributed by atoms with van der Waals surface area (Å²) < 4.78 is 26.5. The number of hydrogen-bond donors (Lipinski definition) is 2. The first-order chi connectivity index (χ1) is 10.2. The number of rotatable bonds is 5. The van der Waals surface area contributed by atoms with E-state index in [1.807, 2.05) is 0 Å². The Morgan fingerprint density at radius 2 is 2.05 bits per heavy atom. The van der Waals surface area contributed by atoms with E-state index in [1.54, 1.807) is 24.3 Å². The number of benzene rings is 1. The summed E-state index contributed by atoms with van der Waals surface area (Å²) in [6.07, 6.45) is 2.39. The monoisotopic (exact) mass is 344 g/mol. The maximum absolute atomic E-state index is 11.1. The van der Waals surface area contributed by atoms with Crippen molar-refractivity contribution in [3.05, 3.63) is 46.6 Å². The average molecular weight is 345 g/mol. The predicted molar refractivity (Wildman–Crippen MR) is 81.0 cm³/mol. The topological polar surface area (TPSA) is 105 Å². The Bertz CT molecular complexity index is 740. The van der Waals surface area contributed by atoms with Gasteiger partial charge in [0, 0.05) is 17.1 Å². The van der Waals surface area contributed by atoms with Crippen molar-refractivity contribution >= 4 is 33.4 Å². The first-order valence-corrected chi connectivity index (χ1v) is 8.35. The molecule has 1 aromatic carbocycles. The molecule has 2 N–H and O–H groups in total. The number of carbonyl (C=O) groups is 1. The normalized spacial score (nSPS) is 18.4. The summed E-state index contributed by atoms with van der Waals surface area (Å²) >= 11 is 5.82. The number of halogens is 1. The molecular formula is C13H13ClN2O5S. The third-order valence-corrected chi connectivity index (χ3v) is 3.46. The van der Waals surface area contributed by atoms with Crippen LogP contribution < -0.4 is 5.48 Å². The third kappa shape index (κ3) is 4.55. The predicted octanol–water partition coefficient (Wildman–Crippen LogP) is 1.68. The summed E-state index contributed by atoms with van der Waals surface area (Å²) in [7, 11) is -3.71. The molecule has 1 aliphatic heterocycles. The zero-order valence-electron chi connectivity index (χ0n) is 11.5. The Kier molecular flexibility index (Phi) is 4.84. The zero-order chi connectivity index (χ0) is 16.3. The van der Waals surface area contributed by atoms with Crippen molar-refractivity contribution in [2.75, 3.05) is 6.26 Å². The highest BCUT2D eigenvalue weighted by molar-refractivity contribution is 7.85. The van der Waals surface area contributed by atoms with Crippen LogP contribution in [0.4, 0.5) is 0 Å². The first-order valence-electron chi connectivity index (χ1n) is 6.16. The molecule has 0 radical (unpaired) electrons. The number of dihydropyridines is 1. The molecule has 0 aliphatic carbocycles. The van der Waals surface area contributed by atoms with Crippen molar-refractivity contribution < 1.29 is 22.6 Å². The second-order valence-corrected chi connectivity index (χ2v) is 6.66. The van der Waals surface area contributed by atoms with Gasteiger partial charge in [-0.15, -0.1) is 0 Å². The van der Waals surface area contributed by atoms with Crippen LogP contribution in [0.15, 0.2) is 41.0 Å². The van der Waals surface area contributed by atoms with E-state index in [4.69, 9.17) is 16.7 Å². The van der Waals surface area contributed by atoms with Crippen LogP contribution in [-0.2, 0) is 19.2 Å². The minimum absolute atomic E-state index is 0.189. The van der Waals surface area contributed by atoms with Gasteiger partial charge in [0.1, 0.15) is 5.71 Å². The maximum atomic E-state index is 11.1. The molecule has 0 saturated heterocycles. The molecule has 1 heterocycles. The lowest BCUT2D eigenvalue weighted by Gasteiger charge is -2.20. The van der Waals surface area contributed by atoms with Gasteiger partial charge in [0.2, 0.25) is 0 Å². The van der Waals surface area contributed by atoms with E-state index < -0.39 is 22.1 Å². The van der Waals surface area contributed by atoms with Crippen LogP contribution >= 0.6 is 11.6 Å². The minimum atomic E-state index is -3.71. The van der Waals surface area contributed by atoms with Crippen LogP contribution in [0.25, 0.3) is 0 Å². The summed E-state index contributed by atoms with van der Waals surface area (Å²) in [6, 6.07) is 6.34. The highest BCUT2D eigenvalue weighted by Gasteiger charge is 2.22. The summed E-state index contributed by atoms with van der Waals surface area (Å²) in [4.78, 5) is 15.3. The number of carboxylic acids is 1. The van der Waals surface area contributed by atoms with Crippen LogP contribution in [0.5, 0.6) is 0 Å².